The van der Waals surface area contributed by atoms with Gasteiger partial charge in [0.25, 0.3) is 0 Å². The van der Waals surface area contributed by atoms with Crippen molar-refractivity contribution in [2.45, 2.75) is 26.8 Å². The van der Waals surface area contributed by atoms with Crippen LogP contribution in [0.2, 0.25) is 5.02 Å². The van der Waals surface area contributed by atoms with E-state index in [4.69, 9.17) is 11.6 Å². The van der Waals surface area contributed by atoms with Crippen molar-refractivity contribution in [2.24, 2.45) is 4.99 Å². The van der Waals surface area contributed by atoms with Crippen molar-refractivity contribution in [2.75, 3.05) is 0 Å². The van der Waals surface area contributed by atoms with Gasteiger partial charge < -0.3 is 4.57 Å². The number of aryl methyl sites for hydroxylation is 1. The summed E-state index contributed by atoms with van der Waals surface area (Å²) in [5, 5.41) is 0.715. The summed E-state index contributed by atoms with van der Waals surface area (Å²) >= 11 is 5.97. The quantitative estimate of drug-likeness (QED) is 0.707. The summed E-state index contributed by atoms with van der Waals surface area (Å²) in [6, 6.07) is 8.27. The molecule has 1 aromatic heterocycles. The third kappa shape index (κ3) is 3.02. The molecule has 0 aliphatic carbocycles. The van der Waals surface area contributed by atoms with Gasteiger partial charge in [0, 0.05) is 35.2 Å². The Morgan fingerprint density at radius 2 is 2.06 bits per heavy atom. The van der Waals surface area contributed by atoms with E-state index in [2.05, 4.69) is 41.9 Å². The molecule has 2 nitrogen and oxygen atoms in total. The van der Waals surface area contributed by atoms with Gasteiger partial charge in [0.2, 0.25) is 0 Å². The molecule has 0 saturated heterocycles. The molecule has 0 aliphatic rings. The van der Waals surface area contributed by atoms with Crippen LogP contribution in [0.25, 0.3) is 0 Å². The molecule has 94 valence electrons. The van der Waals surface area contributed by atoms with Crippen LogP contribution in [-0.4, -0.2) is 10.8 Å². The highest BCUT2D eigenvalue weighted by atomic mass is 35.5. The molecule has 0 N–H and O–H groups in total. The van der Waals surface area contributed by atoms with Gasteiger partial charge in [0.15, 0.2) is 0 Å². The van der Waals surface area contributed by atoms with Gasteiger partial charge in [-0.3, -0.25) is 4.99 Å². The minimum atomic E-state index is 0.472. The Labute approximate surface area is 113 Å². The summed E-state index contributed by atoms with van der Waals surface area (Å²) < 4.78 is 2.16. The van der Waals surface area contributed by atoms with E-state index < -0.39 is 0 Å². The van der Waals surface area contributed by atoms with Crippen LogP contribution in [0.1, 0.15) is 31.0 Å². The van der Waals surface area contributed by atoms with E-state index >= 15 is 0 Å². The van der Waals surface area contributed by atoms with Crippen LogP contribution < -0.4 is 0 Å². The molecule has 18 heavy (non-hydrogen) atoms. The summed E-state index contributed by atoms with van der Waals surface area (Å²) in [5.74, 6) is 0. The zero-order chi connectivity index (χ0) is 13.1. The monoisotopic (exact) mass is 260 g/mol. The zero-order valence-corrected chi connectivity index (χ0v) is 11.6. The first-order valence-corrected chi connectivity index (χ1v) is 6.42. The Balaban J connectivity index is 2.21. The lowest BCUT2D eigenvalue weighted by molar-refractivity contribution is 0.603. The predicted octanol–water partition coefficient (Wildman–Crippen LogP) is 4.78. The number of hydrogen-bond donors (Lipinski definition) is 0. The Morgan fingerprint density at radius 3 is 2.72 bits per heavy atom. The Morgan fingerprint density at radius 1 is 1.28 bits per heavy atom. The van der Waals surface area contributed by atoms with Crippen LogP contribution in [-0.2, 0) is 0 Å². The standard InChI is InChI=1S/C15H17ClN2/c1-11(2)18-7-6-13(10-18)9-17-15-8-14(16)5-4-12(15)3/h4-11H,1-3H3. The Kier molecular flexibility index (Phi) is 3.87. The van der Waals surface area contributed by atoms with Crippen LogP contribution in [0.5, 0.6) is 0 Å². The largest absolute Gasteiger partial charge is 0.351 e. The summed E-state index contributed by atoms with van der Waals surface area (Å²) in [6.07, 6.45) is 6.03. The average Bonchev–Trinajstić information content (AvgIpc) is 2.79. The van der Waals surface area contributed by atoms with Crippen molar-refractivity contribution < 1.29 is 0 Å². The first-order valence-electron chi connectivity index (χ1n) is 6.04. The molecule has 0 radical (unpaired) electrons. The second-order valence-electron chi connectivity index (χ2n) is 4.67. The molecule has 0 amide bonds. The maximum absolute atomic E-state index is 5.97. The minimum Gasteiger partial charge on any atom is -0.351 e. The van der Waals surface area contributed by atoms with Gasteiger partial charge in [-0.15, -0.1) is 0 Å². The summed E-state index contributed by atoms with van der Waals surface area (Å²) in [6.45, 7) is 6.34. The van der Waals surface area contributed by atoms with Crippen molar-refractivity contribution in [3.05, 3.63) is 52.8 Å². The van der Waals surface area contributed by atoms with Crippen molar-refractivity contribution in [3.8, 4) is 0 Å². The van der Waals surface area contributed by atoms with E-state index in [9.17, 15) is 0 Å². The smallest absolute Gasteiger partial charge is 0.0673 e. The molecule has 0 unspecified atom stereocenters. The van der Waals surface area contributed by atoms with E-state index in [-0.39, 0.29) is 0 Å². The molecule has 0 atom stereocenters. The van der Waals surface area contributed by atoms with Gasteiger partial charge in [-0.25, -0.2) is 0 Å². The number of aliphatic imine (C=N–C) groups is 1. The van der Waals surface area contributed by atoms with Gasteiger partial charge >= 0.3 is 0 Å². The highest BCUT2D eigenvalue weighted by molar-refractivity contribution is 6.30. The Bertz CT molecular complexity index is 568. The second-order valence-corrected chi connectivity index (χ2v) is 5.11. The fraction of sp³-hybridized carbons (Fsp3) is 0.267. The number of halogens is 1. The number of nitrogens with zero attached hydrogens (tertiary/aromatic N) is 2. The van der Waals surface area contributed by atoms with E-state index in [1.807, 2.05) is 31.3 Å². The third-order valence-electron chi connectivity index (χ3n) is 2.86. The molecule has 3 heteroatoms. The first-order chi connectivity index (χ1) is 8.56. The van der Waals surface area contributed by atoms with Gasteiger partial charge in [-0.05, 0) is 44.5 Å². The summed E-state index contributed by atoms with van der Waals surface area (Å²) in [4.78, 5) is 4.49. The van der Waals surface area contributed by atoms with Crippen LogP contribution in [0.3, 0.4) is 0 Å². The normalized spacial score (nSPS) is 11.6. The lowest BCUT2D eigenvalue weighted by Crippen LogP contribution is -1.95. The maximum atomic E-state index is 5.97. The van der Waals surface area contributed by atoms with Crippen molar-refractivity contribution >= 4 is 23.5 Å². The number of aromatic nitrogens is 1. The lowest BCUT2D eigenvalue weighted by Gasteiger charge is -2.04. The topological polar surface area (TPSA) is 17.3 Å². The summed E-state index contributed by atoms with van der Waals surface area (Å²) in [7, 11) is 0. The van der Waals surface area contributed by atoms with Crippen LogP contribution >= 0.6 is 11.6 Å². The second kappa shape index (κ2) is 5.40. The van der Waals surface area contributed by atoms with E-state index in [0.29, 0.717) is 11.1 Å². The summed E-state index contributed by atoms with van der Waals surface area (Å²) in [5.41, 5.74) is 3.14. The highest BCUT2D eigenvalue weighted by Gasteiger charge is 1.99. The molecule has 0 spiro atoms. The molecule has 0 saturated carbocycles. The molecule has 2 rings (SSSR count). The number of rotatable bonds is 3. The molecule has 1 heterocycles. The van der Waals surface area contributed by atoms with E-state index in [1.165, 1.54) is 0 Å². The molecule has 0 aliphatic heterocycles. The van der Waals surface area contributed by atoms with E-state index in [0.717, 1.165) is 16.8 Å². The molecule has 0 fully saturated rings. The molecular weight excluding hydrogens is 244 g/mol. The fourth-order valence-electron chi connectivity index (χ4n) is 1.69. The highest BCUT2D eigenvalue weighted by Crippen LogP contribution is 2.23. The fourth-order valence-corrected chi connectivity index (χ4v) is 1.86. The van der Waals surface area contributed by atoms with Crippen molar-refractivity contribution in [1.29, 1.82) is 0 Å². The van der Waals surface area contributed by atoms with Crippen LogP contribution in [0, 0.1) is 6.92 Å². The van der Waals surface area contributed by atoms with Gasteiger partial charge in [-0.2, -0.15) is 0 Å². The lowest BCUT2D eigenvalue weighted by atomic mass is 10.2. The predicted molar refractivity (Wildman–Crippen MR) is 78.3 cm³/mol. The third-order valence-corrected chi connectivity index (χ3v) is 3.09. The van der Waals surface area contributed by atoms with Gasteiger partial charge in [0.1, 0.15) is 0 Å². The van der Waals surface area contributed by atoms with Crippen LogP contribution in [0.4, 0.5) is 5.69 Å². The minimum absolute atomic E-state index is 0.472. The van der Waals surface area contributed by atoms with Crippen LogP contribution in [0.15, 0.2) is 41.7 Å². The SMILES string of the molecule is Cc1ccc(Cl)cc1N=Cc1ccn(C(C)C)c1. The Hall–Kier alpha value is -1.54. The average molecular weight is 261 g/mol. The van der Waals surface area contributed by atoms with E-state index in [1.54, 1.807) is 0 Å². The first kappa shape index (κ1) is 12.9. The maximum Gasteiger partial charge on any atom is 0.0673 e. The zero-order valence-electron chi connectivity index (χ0n) is 10.9. The van der Waals surface area contributed by atoms with Gasteiger partial charge in [-0.1, -0.05) is 17.7 Å². The van der Waals surface area contributed by atoms with Crippen molar-refractivity contribution in [1.82, 2.24) is 4.57 Å². The van der Waals surface area contributed by atoms with Crippen molar-refractivity contribution in [3.63, 3.8) is 0 Å². The molecule has 1 aromatic carbocycles. The molecular formula is C15H17ClN2. The number of benzene rings is 1. The van der Waals surface area contributed by atoms with Gasteiger partial charge in [0.05, 0.1) is 5.69 Å². The number of hydrogen-bond acceptors (Lipinski definition) is 1. The molecule has 0 bridgehead atoms. The molecule has 2 aromatic rings.